The molecule has 3 rings (SSSR count). The molecule has 1 aromatic carbocycles. The molecule has 7 heteroatoms. The number of amides is 1. The first kappa shape index (κ1) is 18.9. The largest absolute Gasteiger partial charge is 0.366 e. The fourth-order valence-electron chi connectivity index (χ4n) is 3.47. The van der Waals surface area contributed by atoms with Crippen LogP contribution in [-0.4, -0.2) is 34.2 Å². The third-order valence-corrected chi connectivity index (χ3v) is 5.11. The van der Waals surface area contributed by atoms with E-state index in [1.807, 2.05) is 35.2 Å². The van der Waals surface area contributed by atoms with Crippen molar-refractivity contribution in [2.24, 2.45) is 14.1 Å². The molecule has 1 fully saturated rings. The molecule has 1 aromatic heterocycles. The number of piperidine rings is 1. The van der Waals surface area contributed by atoms with E-state index in [0.717, 1.165) is 29.4 Å². The Bertz CT molecular complexity index is 909. The molecule has 0 spiro atoms. The average molecular weight is 370 g/mol. The van der Waals surface area contributed by atoms with E-state index >= 15 is 0 Å². The van der Waals surface area contributed by atoms with E-state index in [0.29, 0.717) is 25.2 Å². The fraction of sp³-hybridized carbons (Fsp3) is 0.450. The monoisotopic (exact) mass is 370 g/mol. The van der Waals surface area contributed by atoms with Crippen LogP contribution < -0.4 is 21.5 Å². The van der Waals surface area contributed by atoms with Crippen molar-refractivity contribution in [3.05, 3.63) is 62.9 Å². The van der Waals surface area contributed by atoms with E-state index in [4.69, 9.17) is 0 Å². The van der Waals surface area contributed by atoms with Gasteiger partial charge in [0.2, 0.25) is 5.91 Å². The lowest BCUT2D eigenvalue weighted by molar-refractivity contribution is -0.121. The second kappa shape index (κ2) is 8.24. The van der Waals surface area contributed by atoms with E-state index < -0.39 is 0 Å². The lowest BCUT2D eigenvalue weighted by Crippen LogP contribution is -2.47. The Morgan fingerprint density at radius 1 is 1.11 bits per heavy atom. The number of rotatable bonds is 5. The highest BCUT2D eigenvalue weighted by atomic mass is 16.2. The number of carbonyl (C=O) groups excluding carboxylic acids is 1. The van der Waals surface area contributed by atoms with Gasteiger partial charge < -0.3 is 14.8 Å². The van der Waals surface area contributed by atoms with E-state index in [-0.39, 0.29) is 23.2 Å². The lowest BCUT2D eigenvalue weighted by atomic mass is 10.0. The van der Waals surface area contributed by atoms with E-state index in [9.17, 15) is 14.4 Å². The highest BCUT2D eigenvalue weighted by Gasteiger charge is 2.23. The molecule has 0 atom stereocenters. The van der Waals surface area contributed by atoms with E-state index in [1.54, 1.807) is 13.2 Å². The molecule has 2 aromatic rings. The van der Waals surface area contributed by atoms with Crippen LogP contribution in [0.4, 0.5) is 5.69 Å². The van der Waals surface area contributed by atoms with Crippen molar-refractivity contribution < 1.29 is 4.79 Å². The van der Waals surface area contributed by atoms with Gasteiger partial charge in [-0.2, -0.15) is 0 Å². The summed E-state index contributed by atoms with van der Waals surface area (Å²) in [5.74, 6) is 0.0651. The van der Waals surface area contributed by atoms with Crippen molar-refractivity contribution >= 4 is 11.6 Å². The van der Waals surface area contributed by atoms with Crippen molar-refractivity contribution in [1.82, 2.24) is 14.5 Å². The number of carbonyl (C=O) groups is 1. The third-order valence-electron chi connectivity index (χ3n) is 5.11. The van der Waals surface area contributed by atoms with E-state index in [1.165, 1.54) is 11.6 Å². The summed E-state index contributed by atoms with van der Waals surface area (Å²) in [5.41, 5.74) is 1.09. The van der Waals surface area contributed by atoms with Gasteiger partial charge in [0.1, 0.15) is 5.69 Å². The standard InChI is InChI=1S/C20H26N4O3/c1-22-14-17(19(26)23(2)20(22)27)24-12-10-16(11-13-24)21-18(25)9-8-15-6-4-3-5-7-15/h3-7,14,16H,8-13H2,1-2H3,(H,21,25). The van der Waals surface area contributed by atoms with Crippen molar-refractivity contribution in [3.8, 4) is 0 Å². The van der Waals surface area contributed by atoms with Crippen LogP contribution in [0.1, 0.15) is 24.8 Å². The molecule has 2 heterocycles. The van der Waals surface area contributed by atoms with Gasteiger partial charge in [-0.15, -0.1) is 0 Å². The first-order valence-corrected chi connectivity index (χ1v) is 9.30. The van der Waals surface area contributed by atoms with Crippen LogP contribution in [0.25, 0.3) is 0 Å². The molecule has 144 valence electrons. The first-order valence-electron chi connectivity index (χ1n) is 9.30. The fourth-order valence-corrected chi connectivity index (χ4v) is 3.47. The molecule has 27 heavy (non-hydrogen) atoms. The van der Waals surface area contributed by atoms with Gasteiger partial charge in [-0.25, -0.2) is 4.79 Å². The van der Waals surface area contributed by atoms with Crippen molar-refractivity contribution in [2.75, 3.05) is 18.0 Å². The molecule has 0 aliphatic carbocycles. The van der Waals surface area contributed by atoms with Gasteiger partial charge in [0, 0.05) is 45.8 Å². The van der Waals surface area contributed by atoms with E-state index in [2.05, 4.69) is 5.32 Å². The second-order valence-electron chi connectivity index (χ2n) is 7.09. The minimum atomic E-state index is -0.329. The molecule has 0 saturated carbocycles. The Balaban J connectivity index is 1.53. The topological polar surface area (TPSA) is 76.3 Å². The predicted octanol–water partition coefficient (Wildman–Crippen LogP) is 0.802. The Morgan fingerprint density at radius 3 is 2.44 bits per heavy atom. The molecule has 1 aliphatic heterocycles. The molecule has 1 aliphatic rings. The van der Waals surface area contributed by atoms with Crippen molar-refractivity contribution in [1.29, 1.82) is 0 Å². The van der Waals surface area contributed by atoms with Crippen LogP contribution in [0.3, 0.4) is 0 Å². The molecule has 7 nitrogen and oxygen atoms in total. The Kier molecular flexibility index (Phi) is 5.78. The second-order valence-corrected chi connectivity index (χ2v) is 7.09. The van der Waals surface area contributed by atoms with Crippen LogP contribution in [0.2, 0.25) is 0 Å². The predicted molar refractivity (Wildman–Crippen MR) is 105 cm³/mol. The summed E-state index contributed by atoms with van der Waals surface area (Å²) in [7, 11) is 3.14. The van der Waals surface area contributed by atoms with Gasteiger partial charge in [0.15, 0.2) is 0 Å². The summed E-state index contributed by atoms with van der Waals surface area (Å²) in [6, 6.07) is 10.1. The molecule has 1 saturated heterocycles. The first-order chi connectivity index (χ1) is 13.0. The van der Waals surface area contributed by atoms with Gasteiger partial charge in [0.05, 0.1) is 0 Å². The maximum atomic E-state index is 12.4. The quantitative estimate of drug-likeness (QED) is 0.845. The maximum absolute atomic E-state index is 12.4. The molecular weight excluding hydrogens is 344 g/mol. The third kappa shape index (κ3) is 4.48. The number of aryl methyl sites for hydroxylation is 2. The normalized spacial score (nSPS) is 15.0. The number of hydrogen-bond acceptors (Lipinski definition) is 4. The molecule has 0 radical (unpaired) electrons. The van der Waals surface area contributed by atoms with Crippen LogP contribution in [-0.2, 0) is 25.3 Å². The summed E-state index contributed by atoms with van der Waals surface area (Å²) >= 11 is 0. The summed E-state index contributed by atoms with van der Waals surface area (Å²) in [4.78, 5) is 38.4. The Morgan fingerprint density at radius 2 is 1.78 bits per heavy atom. The lowest BCUT2D eigenvalue weighted by Gasteiger charge is -2.33. The molecule has 1 N–H and O–H groups in total. The minimum absolute atomic E-state index is 0.0651. The smallest absolute Gasteiger partial charge is 0.330 e. The zero-order valence-corrected chi connectivity index (χ0v) is 15.9. The van der Waals surface area contributed by atoms with Crippen LogP contribution in [0, 0.1) is 0 Å². The number of benzene rings is 1. The van der Waals surface area contributed by atoms with Gasteiger partial charge in [-0.1, -0.05) is 30.3 Å². The van der Waals surface area contributed by atoms with Crippen LogP contribution >= 0.6 is 0 Å². The molecule has 0 unspecified atom stereocenters. The number of nitrogens with one attached hydrogen (secondary N) is 1. The highest BCUT2D eigenvalue weighted by molar-refractivity contribution is 5.76. The van der Waals surface area contributed by atoms with Crippen molar-refractivity contribution in [2.45, 2.75) is 31.7 Å². The minimum Gasteiger partial charge on any atom is -0.366 e. The summed E-state index contributed by atoms with van der Waals surface area (Å²) in [6.07, 6.45) is 4.38. The zero-order valence-electron chi connectivity index (χ0n) is 15.9. The van der Waals surface area contributed by atoms with Crippen LogP contribution in [0.15, 0.2) is 46.1 Å². The number of hydrogen-bond donors (Lipinski definition) is 1. The highest BCUT2D eigenvalue weighted by Crippen LogP contribution is 2.16. The van der Waals surface area contributed by atoms with Gasteiger partial charge in [-0.3, -0.25) is 14.2 Å². The van der Waals surface area contributed by atoms with Crippen molar-refractivity contribution in [3.63, 3.8) is 0 Å². The molecule has 0 bridgehead atoms. The zero-order chi connectivity index (χ0) is 19.4. The number of anilines is 1. The SMILES string of the molecule is Cn1cc(N2CCC(NC(=O)CCc3ccccc3)CC2)c(=O)n(C)c1=O. The Labute approximate surface area is 158 Å². The molecular formula is C20H26N4O3. The molecule has 1 amide bonds. The summed E-state index contributed by atoms with van der Waals surface area (Å²) in [6.45, 7) is 1.36. The van der Waals surface area contributed by atoms with Gasteiger partial charge in [0.25, 0.3) is 5.56 Å². The summed E-state index contributed by atoms with van der Waals surface area (Å²) < 4.78 is 2.56. The Hall–Kier alpha value is -2.83. The average Bonchev–Trinajstić information content (AvgIpc) is 2.69. The summed E-state index contributed by atoms with van der Waals surface area (Å²) in [5, 5.41) is 3.10. The number of aromatic nitrogens is 2. The van der Waals surface area contributed by atoms with Gasteiger partial charge in [-0.05, 0) is 24.8 Å². The van der Waals surface area contributed by atoms with Crippen LogP contribution in [0.5, 0.6) is 0 Å². The van der Waals surface area contributed by atoms with Gasteiger partial charge >= 0.3 is 5.69 Å². The number of nitrogens with zero attached hydrogens (tertiary/aromatic N) is 3. The maximum Gasteiger partial charge on any atom is 0.330 e.